The van der Waals surface area contributed by atoms with E-state index in [9.17, 15) is 14.4 Å². The lowest BCUT2D eigenvalue weighted by atomic mass is 9.82. The van der Waals surface area contributed by atoms with E-state index in [0.717, 1.165) is 11.1 Å². The Hall–Kier alpha value is -2.68. The van der Waals surface area contributed by atoms with Crippen molar-refractivity contribution >= 4 is 23.4 Å². The maximum atomic E-state index is 12.6. The molecule has 0 saturated carbocycles. The summed E-state index contributed by atoms with van der Waals surface area (Å²) in [5, 5.41) is 0. The number of esters is 2. The second kappa shape index (κ2) is 10.4. The first-order valence-electron chi connectivity index (χ1n) is 10.2. The van der Waals surface area contributed by atoms with Gasteiger partial charge in [-0.2, -0.15) is 0 Å². The molecule has 1 rings (SSSR count). The summed E-state index contributed by atoms with van der Waals surface area (Å²) in [4.78, 5) is 40.3. The normalized spacial score (nSPS) is 12.6. The first-order chi connectivity index (χ1) is 13.7. The molecular formula is C24H33NO5. The van der Waals surface area contributed by atoms with Crippen molar-refractivity contribution in [2.45, 2.75) is 84.7 Å². The molecule has 0 radical (unpaired) electrons. The minimum absolute atomic E-state index is 0.00106. The number of hydrogen-bond acceptors (Lipinski definition) is 5. The molecule has 30 heavy (non-hydrogen) atoms. The van der Waals surface area contributed by atoms with Gasteiger partial charge in [-0.15, -0.1) is 0 Å². The fourth-order valence-electron chi connectivity index (χ4n) is 2.98. The lowest BCUT2D eigenvalue weighted by Crippen LogP contribution is -2.26. The summed E-state index contributed by atoms with van der Waals surface area (Å²) < 4.78 is 10.3. The summed E-state index contributed by atoms with van der Waals surface area (Å²) in [6, 6.07) is 5.45. The molecule has 1 aromatic carbocycles. The molecule has 164 valence electrons. The van der Waals surface area contributed by atoms with Crippen LogP contribution in [-0.2, 0) is 29.3 Å². The molecule has 0 N–H and O–H groups in total. The van der Waals surface area contributed by atoms with Crippen LogP contribution in [0.5, 0.6) is 0 Å². The van der Waals surface area contributed by atoms with Gasteiger partial charge in [-0.25, -0.2) is 4.85 Å². The largest absolute Gasteiger partial charge is 0.466 e. The van der Waals surface area contributed by atoms with Gasteiger partial charge in [-0.05, 0) is 39.0 Å². The van der Waals surface area contributed by atoms with E-state index in [1.54, 1.807) is 33.8 Å². The Morgan fingerprint density at radius 3 is 2.13 bits per heavy atom. The zero-order chi connectivity index (χ0) is 23.1. The Kier molecular flexibility index (Phi) is 8.77. The fraction of sp³-hybridized carbons (Fsp3) is 0.583. The molecule has 0 aliphatic carbocycles. The SMILES string of the molecule is [C-]#[N+]c1cc([C@@H](CC(=O)CC(=O)OC(C)(C)C)CC(=O)OCC)cc(C(C)(C)C)c1. The summed E-state index contributed by atoms with van der Waals surface area (Å²) >= 11 is 0. The first kappa shape index (κ1) is 25.4. The van der Waals surface area contributed by atoms with E-state index in [0.29, 0.717) is 5.69 Å². The van der Waals surface area contributed by atoms with Gasteiger partial charge in [-0.3, -0.25) is 14.4 Å². The molecule has 6 heteroatoms. The minimum Gasteiger partial charge on any atom is -0.466 e. The fourth-order valence-corrected chi connectivity index (χ4v) is 2.98. The minimum atomic E-state index is -0.673. The third kappa shape index (κ3) is 8.77. The Bertz CT molecular complexity index is 821. The van der Waals surface area contributed by atoms with Crippen molar-refractivity contribution in [3.63, 3.8) is 0 Å². The standard InChI is InChI=1S/C24H33NO5/c1-9-29-21(27)13-17(12-20(26)15-22(28)30-24(5,6)7)16-10-18(23(2,3)4)14-19(11-16)25-8/h10-11,14,17H,9,12-13,15H2,1-7H3/t17-/m0/s1. The van der Waals surface area contributed by atoms with Crippen molar-refractivity contribution in [1.82, 2.24) is 0 Å². The molecule has 0 saturated heterocycles. The van der Waals surface area contributed by atoms with Crippen molar-refractivity contribution in [2.75, 3.05) is 6.61 Å². The highest BCUT2D eigenvalue weighted by molar-refractivity contribution is 5.96. The third-order valence-corrected chi connectivity index (χ3v) is 4.36. The molecule has 0 unspecified atom stereocenters. The number of Topliss-reactive ketones (excluding diaryl/α,β-unsaturated/α-hetero) is 1. The summed E-state index contributed by atoms with van der Waals surface area (Å²) in [5.74, 6) is -1.81. The topological polar surface area (TPSA) is 74.0 Å². The van der Waals surface area contributed by atoms with Crippen LogP contribution in [0.25, 0.3) is 4.85 Å². The second-order valence-corrected chi connectivity index (χ2v) is 9.39. The van der Waals surface area contributed by atoms with Gasteiger partial charge >= 0.3 is 11.9 Å². The monoisotopic (exact) mass is 415 g/mol. The number of ketones is 1. The Labute approximate surface area is 179 Å². The highest BCUT2D eigenvalue weighted by atomic mass is 16.6. The number of rotatable bonds is 8. The third-order valence-electron chi connectivity index (χ3n) is 4.36. The first-order valence-corrected chi connectivity index (χ1v) is 10.2. The van der Waals surface area contributed by atoms with Gasteiger partial charge in [-0.1, -0.05) is 50.1 Å². The van der Waals surface area contributed by atoms with Gasteiger partial charge in [0.2, 0.25) is 0 Å². The van der Waals surface area contributed by atoms with Crippen molar-refractivity contribution in [1.29, 1.82) is 0 Å². The maximum absolute atomic E-state index is 12.6. The Balaban J connectivity index is 3.18. The Morgan fingerprint density at radius 2 is 1.63 bits per heavy atom. The molecule has 0 fully saturated rings. The molecule has 6 nitrogen and oxygen atoms in total. The van der Waals surface area contributed by atoms with Crippen LogP contribution in [0.1, 0.15) is 84.8 Å². The molecule has 1 atom stereocenters. The number of carbonyl (C=O) groups is 3. The summed E-state index contributed by atoms with van der Waals surface area (Å²) in [6.07, 6.45) is -0.368. The highest BCUT2D eigenvalue weighted by Gasteiger charge is 2.26. The van der Waals surface area contributed by atoms with Crippen LogP contribution in [0.15, 0.2) is 18.2 Å². The molecular weight excluding hydrogens is 382 g/mol. The molecule has 0 aliphatic rings. The predicted molar refractivity (Wildman–Crippen MR) is 115 cm³/mol. The number of ether oxygens (including phenoxy) is 2. The average Bonchev–Trinajstić information content (AvgIpc) is 2.58. The summed E-state index contributed by atoms with van der Waals surface area (Å²) in [5.41, 5.74) is 1.24. The Morgan fingerprint density at radius 1 is 1.00 bits per heavy atom. The lowest BCUT2D eigenvalue weighted by Gasteiger charge is -2.23. The molecule has 0 spiro atoms. The van der Waals surface area contributed by atoms with E-state index in [1.807, 2.05) is 32.9 Å². The smallest absolute Gasteiger partial charge is 0.313 e. The van der Waals surface area contributed by atoms with E-state index in [2.05, 4.69) is 4.85 Å². The lowest BCUT2D eigenvalue weighted by molar-refractivity contribution is -0.156. The molecule has 1 aromatic rings. The van der Waals surface area contributed by atoms with E-state index in [-0.39, 0.29) is 37.1 Å². The van der Waals surface area contributed by atoms with Crippen molar-refractivity contribution in [3.05, 3.63) is 40.7 Å². The van der Waals surface area contributed by atoms with Gasteiger partial charge < -0.3 is 9.47 Å². The van der Waals surface area contributed by atoms with Gasteiger partial charge in [0.15, 0.2) is 5.69 Å². The van der Waals surface area contributed by atoms with Gasteiger partial charge in [0.25, 0.3) is 0 Å². The highest BCUT2D eigenvalue weighted by Crippen LogP contribution is 2.34. The predicted octanol–water partition coefficient (Wildman–Crippen LogP) is 5.26. The zero-order valence-electron chi connectivity index (χ0n) is 19.1. The van der Waals surface area contributed by atoms with E-state index >= 15 is 0 Å². The van der Waals surface area contributed by atoms with Crippen LogP contribution in [-0.4, -0.2) is 29.9 Å². The van der Waals surface area contributed by atoms with Crippen molar-refractivity contribution in [2.24, 2.45) is 0 Å². The average molecular weight is 416 g/mol. The van der Waals surface area contributed by atoms with E-state index in [4.69, 9.17) is 16.0 Å². The van der Waals surface area contributed by atoms with E-state index < -0.39 is 23.5 Å². The van der Waals surface area contributed by atoms with Gasteiger partial charge in [0, 0.05) is 6.42 Å². The van der Waals surface area contributed by atoms with Crippen LogP contribution < -0.4 is 0 Å². The van der Waals surface area contributed by atoms with Crippen molar-refractivity contribution in [3.8, 4) is 0 Å². The van der Waals surface area contributed by atoms with Crippen LogP contribution in [0.2, 0.25) is 0 Å². The van der Waals surface area contributed by atoms with E-state index in [1.165, 1.54) is 0 Å². The summed E-state index contributed by atoms with van der Waals surface area (Å²) in [6.45, 7) is 20.7. The van der Waals surface area contributed by atoms with Crippen molar-refractivity contribution < 1.29 is 23.9 Å². The number of hydrogen-bond donors (Lipinski definition) is 0. The van der Waals surface area contributed by atoms with Gasteiger partial charge in [0.1, 0.15) is 17.8 Å². The number of nitrogens with zero attached hydrogens (tertiary/aromatic N) is 1. The summed E-state index contributed by atoms with van der Waals surface area (Å²) in [7, 11) is 0. The zero-order valence-corrected chi connectivity index (χ0v) is 19.1. The van der Waals surface area contributed by atoms with Crippen LogP contribution >= 0.6 is 0 Å². The molecule has 0 amide bonds. The molecule has 0 aromatic heterocycles. The van der Waals surface area contributed by atoms with Crippen LogP contribution in [0, 0.1) is 6.57 Å². The quantitative estimate of drug-likeness (QED) is 0.329. The molecule has 0 heterocycles. The van der Waals surface area contributed by atoms with Gasteiger partial charge in [0.05, 0.1) is 19.6 Å². The number of benzene rings is 1. The number of carbonyl (C=O) groups excluding carboxylic acids is 3. The molecule has 0 aliphatic heterocycles. The van der Waals surface area contributed by atoms with Crippen LogP contribution in [0.3, 0.4) is 0 Å². The molecule has 0 bridgehead atoms. The maximum Gasteiger partial charge on any atom is 0.313 e. The second-order valence-electron chi connectivity index (χ2n) is 9.39. The van der Waals surface area contributed by atoms with Crippen LogP contribution in [0.4, 0.5) is 5.69 Å².